The van der Waals surface area contributed by atoms with Gasteiger partial charge in [0.1, 0.15) is 12.2 Å². The highest BCUT2D eigenvalue weighted by Crippen LogP contribution is 2.31. The summed E-state index contributed by atoms with van der Waals surface area (Å²) in [5, 5.41) is 10.8. The topological polar surface area (TPSA) is 47.9 Å². The Morgan fingerprint density at radius 1 is 1.07 bits per heavy atom. The van der Waals surface area contributed by atoms with Crippen LogP contribution >= 0.6 is 0 Å². The molecule has 2 aromatic rings. The molecular weight excluding hydrogens is 364 g/mol. The quantitative estimate of drug-likeness (QED) is 0.448. The minimum Gasteiger partial charge on any atom is -0.387 e. The third kappa shape index (κ3) is 6.51. The van der Waals surface area contributed by atoms with Crippen LogP contribution in [0.25, 0.3) is 0 Å². The Bertz CT molecular complexity index is 718. The minimum atomic E-state index is -0.728. The molecule has 0 saturated carbocycles. The Hall–Kier alpha value is -1.98. The van der Waals surface area contributed by atoms with Gasteiger partial charge in [0.2, 0.25) is 0 Å². The van der Waals surface area contributed by atoms with Gasteiger partial charge in [-0.2, -0.15) is 0 Å². The maximum atomic E-state index is 10.8. The molecule has 0 aliphatic carbocycles. The van der Waals surface area contributed by atoms with E-state index in [-0.39, 0.29) is 12.2 Å². The number of hydrogen-bond donors (Lipinski definition) is 1. The highest BCUT2D eigenvalue weighted by Gasteiger charge is 2.38. The van der Waals surface area contributed by atoms with Gasteiger partial charge in [-0.1, -0.05) is 73.7 Å². The SMILES string of the molecule is C=C[C@@H](OCc1ccccc1)[C@H](O)[C@H]1C[C@@H](C)[C@H](CCOCc2ccccc2)O1. The fraction of sp³-hybridized carbons (Fsp3) is 0.440. The van der Waals surface area contributed by atoms with Gasteiger partial charge in [-0.15, -0.1) is 6.58 Å². The lowest BCUT2D eigenvalue weighted by Gasteiger charge is -2.25. The van der Waals surface area contributed by atoms with Crippen molar-refractivity contribution >= 4 is 0 Å². The van der Waals surface area contributed by atoms with Gasteiger partial charge in [0, 0.05) is 6.61 Å². The first-order valence-corrected chi connectivity index (χ1v) is 10.4. The lowest BCUT2D eigenvalue weighted by Crippen LogP contribution is -2.38. The normalized spacial score (nSPS) is 23.6. The first kappa shape index (κ1) is 21.7. The average Bonchev–Trinajstić information content (AvgIpc) is 3.13. The van der Waals surface area contributed by atoms with Crippen LogP contribution in [0.4, 0.5) is 0 Å². The molecule has 3 rings (SSSR count). The summed E-state index contributed by atoms with van der Waals surface area (Å²) >= 11 is 0. The molecule has 0 unspecified atom stereocenters. The summed E-state index contributed by atoms with van der Waals surface area (Å²) < 4.78 is 17.9. The molecule has 0 radical (unpaired) electrons. The van der Waals surface area contributed by atoms with Crippen LogP contribution < -0.4 is 0 Å². The highest BCUT2D eigenvalue weighted by molar-refractivity contribution is 5.14. The number of hydrogen-bond acceptors (Lipinski definition) is 4. The molecule has 29 heavy (non-hydrogen) atoms. The average molecular weight is 397 g/mol. The van der Waals surface area contributed by atoms with E-state index in [0.29, 0.717) is 25.7 Å². The Labute approximate surface area is 174 Å². The first-order chi connectivity index (χ1) is 14.2. The van der Waals surface area contributed by atoms with E-state index in [9.17, 15) is 5.11 Å². The van der Waals surface area contributed by atoms with Crippen molar-refractivity contribution in [2.75, 3.05) is 6.61 Å². The summed E-state index contributed by atoms with van der Waals surface area (Å²) in [4.78, 5) is 0. The van der Waals surface area contributed by atoms with Gasteiger partial charge in [-0.3, -0.25) is 0 Å². The minimum absolute atomic E-state index is 0.0880. The zero-order valence-corrected chi connectivity index (χ0v) is 17.2. The first-order valence-electron chi connectivity index (χ1n) is 10.4. The van der Waals surface area contributed by atoms with Crippen molar-refractivity contribution < 1.29 is 19.3 Å². The molecule has 4 heteroatoms. The van der Waals surface area contributed by atoms with E-state index in [1.54, 1.807) is 6.08 Å². The summed E-state index contributed by atoms with van der Waals surface area (Å²) in [6, 6.07) is 20.1. The van der Waals surface area contributed by atoms with Crippen LogP contribution in [0.5, 0.6) is 0 Å². The molecule has 0 amide bonds. The van der Waals surface area contributed by atoms with E-state index in [0.717, 1.165) is 18.4 Å². The molecular formula is C25H32O4. The number of rotatable bonds is 11. The molecule has 1 heterocycles. The van der Waals surface area contributed by atoms with Crippen molar-refractivity contribution in [2.45, 2.75) is 57.4 Å². The molecule has 1 aliphatic rings. The summed E-state index contributed by atoms with van der Waals surface area (Å²) in [5.74, 6) is 0.370. The Morgan fingerprint density at radius 3 is 2.31 bits per heavy atom. The maximum Gasteiger partial charge on any atom is 0.110 e. The highest BCUT2D eigenvalue weighted by atomic mass is 16.5. The lowest BCUT2D eigenvalue weighted by molar-refractivity contribution is -0.0996. The molecule has 5 atom stereocenters. The predicted octanol–water partition coefficient (Wildman–Crippen LogP) is 4.52. The predicted molar refractivity (Wildman–Crippen MR) is 114 cm³/mol. The summed E-state index contributed by atoms with van der Waals surface area (Å²) in [6.07, 6.45) is 1.95. The second-order valence-electron chi connectivity index (χ2n) is 7.74. The standard InChI is InChI=1S/C25H32O4/c1-3-22(28-18-21-12-8-5-9-13-21)25(26)24-16-19(2)23(29-24)14-15-27-17-20-10-6-4-7-11-20/h3-13,19,22-26H,1,14-18H2,2H3/t19-,22-,23+,24-,25+/m1/s1. The lowest BCUT2D eigenvalue weighted by atomic mass is 9.96. The van der Waals surface area contributed by atoms with Crippen LogP contribution in [0.15, 0.2) is 73.3 Å². The maximum absolute atomic E-state index is 10.8. The van der Waals surface area contributed by atoms with Crippen molar-refractivity contribution in [1.29, 1.82) is 0 Å². The Balaban J connectivity index is 1.42. The van der Waals surface area contributed by atoms with Crippen molar-refractivity contribution in [3.63, 3.8) is 0 Å². The van der Waals surface area contributed by atoms with E-state index in [2.05, 4.69) is 25.6 Å². The summed E-state index contributed by atoms with van der Waals surface area (Å²) in [5.41, 5.74) is 2.24. The van der Waals surface area contributed by atoms with Crippen LogP contribution in [0.3, 0.4) is 0 Å². The largest absolute Gasteiger partial charge is 0.387 e. The Kier molecular flexibility index (Phi) is 8.44. The van der Waals surface area contributed by atoms with Gasteiger partial charge in [-0.05, 0) is 29.9 Å². The molecule has 2 aromatic carbocycles. The van der Waals surface area contributed by atoms with Gasteiger partial charge in [0.05, 0.1) is 25.4 Å². The fourth-order valence-electron chi connectivity index (χ4n) is 3.75. The number of benzene rings is 2. The summed E-state index contributed by atoms with van der Waals surface area (Å²) in [7, 11) is 0. The van der Waals surface area contributed by atoms with Crippen LogP contribution in [0.1, 0.15) is 30.9 Å². The Morgan fingerprint density at radius 2 is 1.69 bits per heavy atom. The molecule has 156 valence electrons. The van der Waals surface area contributed by atoms with E-state index in [4.69, 9.17) is 14.2 Å². The van der Waals surface area contributed by atoms with E-state index < -0.39 is 12.2 Å². The zero-order chi connectivity index (χ0) is 20.5. The molecule has 1 aliphatic heterocycles. The molecule has 1 fully saturated rings. The van der Waals surface area contributed by atoms with Crippen molar-refractivity contribution in [2.24, 2.45) is 5.92 Å². The van der Waals surface area contributed by atoms with Gasteiger partial charge in [0.15, 0.2) is 0 Å². The van der Waals surface area contributed by atoms with Crippen molar-refractivity contribution in [1.82, 2.24) is 0 Å². The molecule has 1 N–H and O–H groups in total. The zero-order valence-electron chi connectivity index (χ0n) is 17.2. The third-order valence-corrected chi connectivity index (χ3v) is 5.48. The van der Waals surface area contributed by atoms with E-state index in [1.165, 1.54) is 5.56 Å². The summed E-state index contributed by atoms with van der Waals surface area (Å²) in [6.45, 7) is 7.69. The molecule has 4 nitrogen and oxygen atoms in total. The van der Waals surface area contributed by atoms with Gasteiger partial charge in [0.25, 0.3) is 0 Å². The molecule has 0 spiro atoms. The van der Waals surface area contributed by atoms with Crippen molar-refractivity contribution in [3.8, 4) is 0 Å². The molecule has 1 saturated heterocycles. The monoisotopic (exact) mass is 396 g/mol. The second kappa shape index (κ2) is 11.3. The van der Waals surface area contributed by atoms with Gasteiger partial charge in [-0.25, -0.2) is 0 Å². The van der Waals surface area contributed by atoms with E-state index >= 15 is 0 Å². The molecule has 0 aromatic heterocycles. The van der Waals surface area contributed by atoms with Crippen LogP contribution in [0.2, 0.25) is 0 Å². The van der Waals surface area contributed by atoms with Gasteiger partial charge >= 0.3 is 0 Å². The molecule has 0 bridgehead atoms. The smallest absolute Gasteiger partial charge is 0.110 e. The van der Waals surface area contributed by atoms with Crippen LogP contribution in [0, 0.1) is 5.92 Å². The number of aliphatic hydroxyl groups excluding tert-OH is 1. The number of ether oxygens (including phenoxy) is 3. The van der Waals surface area contributed by atoms with Crippen LogP contribution in [-0.4, -0.2) is 36.1 Å². The van der Waals surface area contributed by atoms with Crippen molar-refractivity contribution in [3.05, 3.63) is 84.4 Å². The van der Waals surface area contributed by atoms with Crippen LogP contribution in [-0.2, 0) is 27.4 Å². The second-order valence-corrected chi connectivity index (χ2v) is 7.74. The fourth-order valence-corrected chi connectivity index (χ4v) is 3.75. The third-order valence-electron chi connectivity index (χ3n) is 5.48. The van der Waals surface area contributed by atoms with E-state index in [1.807, 2.05) is 48.5 Å². The number of aliphatic hydroxyl groups is 1. The van der Waals surface area contributed by atoms with Gasteiger partial charge < -0.3 is 19.3 Å².